The molecule has 0 heterocycles. The van der Waals surface area contributed by atoms with E-state index >= 15 is 0 Å². The van der Waals surface area contributed by atoms with E-state index in [4.69, 9.17) is 34.8 Å². The lowest BCUT2D eigenvalue weighted by molar-refractivity contribution is 0.102. The van der Waals surface area contributed by atoms with Crippen LogP contribution in [-0.2, 0) is 16.6 Å². The third-order valence-electron chi connectivity index (χ3n) is 3.07. The van der Waals surface area contributed by atoms with Crippen LogP contribution in [0.1, 0.15) is 15.9 Å². The predicted octanol–water partition coefficient (Wildman–Crippen LogP) is 3.89. The molecule has 23 heavy (non-hydrogen) atoms. The van der Waals surface area contributed by atoms with Crippen molar-refractivity contribution in [2.24, 2.45) is 0 Å². The zero-order valence-corrected chi connectivity index (χ0v) is 14.8. The Labute approximate surface area is 149 Å². The maximum Gasteiger partial charge on any atom is 0.242 e. The molecular formula is C15H12Cl3NO3S. The van der Waals surface area contributed by atoms with Crippen molar-refractivity contribution in [2.75, 3.05) is 5.88 Å². The highest BCUT2D eigenvalue weighted by atomic mass is 35.5. The Morgan fingerprint density at radius 2 is 1.74 bits per heavy atom. The predicted molar refractivity (Wildman–Crippen MR) is 92.0 cm³/mol. The molecule has 0 atom stereocenters. The zero-order chi connectivity index (χ0) is 17.0. The number of ketones is 1. The van der Waals surface area contributed by atoms with Gasteiger partial charge in [0.05, 0.1) is 10.9 Å². The first-order valence-electron chi connectivity index (χ1n) is 6.47. The molecule has 0 bridgehead atoms. The minimum atomic E-state index is -3.91. The quantitative estimate of drug-likeness (QED) is 0.599. The number of alkyl halides is 1. The maximum atomic E-state index is 12.4. The van der Waals surface area contributed by atoms with E-state index in [-0.39, 0.29) is 33.7 Å². The second kappa shape index (κ2) is 7.64. The third-order valence-corrected chi connectivity index (χ3v) is 5.57. The number of sulfonamides is 1. The first-order chi connectivity index (χ1) is 10.8. The van der Waals surface area contributed by atoms with Crippen LogP contribution in [0.2, 0.25) is 10.0 Å². The van der Waals surface area contributed by atoms with Gasteiger partial charge in [0.25, 0.3) is 0 Å². The van der Waals surface area contributed by atoms with Gasteiger partial charge in [0, 0.05) is 17.1 Å². The summed E-state index contributed by atoms with van der Waals surface area (Å²) < 4.78 is 27.3. The van der Waals surface area contributed by atoms with Crippen molar-refractivity contribution >= 4 is 50.6 Å². The normalized spacial score (nSPS) is 11.4. The van der Waals surface area contributed by atoms with Gasteiger partial charge in [-0.2, -0.15) is 0 Å². The van der Waals surface area contributed by atoms with Crippen molar-refractivity contribution in [1.29, 1.82) is 0 Å². The molecule has 0 aliphatic heterocycles. The molecule has 0 saturated heterocycles. The fourth-order valence-corrected chi connectivity index (χ4v) is 3.74. The number of benzene rings is 2. The molecule has 0 aromatic heterocycles. The number of hydrogen-bond acceptors (Lipinski definition) is 3. The molecule has 0 radical (unpaired) electrons. The molecule has 0 amide bonds. The monoisotopic (exact) mass is 391 g/mol. The fraction of sp³-hybridized carbons (Fsp3) is 0.133. The molecule has 1 N–H and O–H groups in total. The largest absolute Gasteiger partial charge is 0.293 e. The van der Waals surface area contributed by atoms with Gasteiger partial charge in [-0.15, -0.1) is 11.6 Å². The summed E-state index contributed by atoms with van der Waals surface area (Å²) in [5, 5.41) is 0.468. The van der Waals surface area contributed by atoms with E-state index < -0.39 is 10.0 Å². The summed E-state index contributed by atoms with van der Waals surface area (Å²) in [6.07, 6.45) is 0. The van der Waals surface area contributed by atoms with Crippen molar-refractivity contribution in [3.05, 3.63) is 63.6 Å². The molecule has 2 aromatic carbocycles. The standard InChI is InChI=1S/C15H12Cl3NO3S/c16-8-14(20)10-5-6-13(18)15(7-10)23(21,22)19-9-11-3-1-2-4-12(11)17/h1-7,19H,8-9H2. The Hall–Kier alpha value is -1.11. The van der Waals surface area contributed by atoms with Crippen LogP contribution >= 0.6 is 34.8 Å². The van der Waals surface area contributed by atoms with Gasteiger partial charge in [-0.05, 0) is 29.8 Å². The lowest BCUT2D eigenvalue weighted by Crippen LogP contribution is -2.24. The number of nitrogens with one attached hydrogen (secondary N) is 1. The molecule has 0 spiro atoms. The van der Waals surface area contributed by atoms with Gasteiger partial charge >= 0.3 is 0 Å². The number of rotatable bonds is 6. The number of carbonyl (C=O) groups excluding carboxylic acids is 1. The van der Waals surface area contributed by atoms with Gasteiger partial charge in [0.2, 0.25) is 10.0 Å². The Morgan fingerprint density at radius 3 is 2.39 bits per heavy atom. The van der Waals surface area contributed by atoms with Crippen molar-refractivity contribution in [3.63, 3.8) is 0 Å². The lowest BCUT2D eigenvalue weighted by atomic mass is 10.1. The molecule has 0 fully saturated rings. The summed E-state index contributed by atoms with van der Waals surface area (Å²) in [5.74, 6) is -0.625. The van der Waals surface area contributed by atoms with Gasteiger partial charge in [-0.1, -0.05) is 41.4 Å². The molecule has 2 aromatic rings. The van der Waals surface area contributed by atoms with Crippen molar-refractivity contribution in [3.8, 4) is 0 Å². The summed E-state index contributed by atoms with van der Waals surface area (Å²) in [6.45, 7) is 0.00597. The van der Waals surface area contributed by atoms with E-state index in [1.807, 2.05) is 0 Å². The highest BCUT2D eigenvalue weighted by Crippen LogP contribution is 2.24. The first kappa shape index (κ1) is 18.2. The smallest absolute Gasteiger partial charge is 0.242 e. The molecule has 0 unspecified atom stereocenters. The van der Waals surface area contributed by atoms with Gasteiger partial charge < -0.3 is 0 Å². The lowest BCUT2D eigenvalue weighted by Gasteiger charge is -2.10. The van der Waals surface area contributed by atoms with Crippen LogP contribution in [0.5, 0.6) is 0 Å². The molecule has 0 aliphatic carbocycles. The number of halogens is 3. The van der Waals surface area contributed by atoms with Crippen molar-refractivity contribution in [2.45, 2.75) is 11.4 Å². The van der Waals surface area contributed by atoms with Crippen LogP contribution in [0, 0.1) is 0 Å². The fourth-order valence-electron chi connectivity index (χ4n) is 1.85. The number of Topliss-reactive ketones (excluding diaryl/α,β-unsaturated/α-hetero) is 1. The van der Waals surface area contributed by atoms with Crippen molar-refractivity contribution < 1.29 is 13.2 Å². The van der Waals surface area contributed by atoms with Crippen molar-refractivity contribution in [1.82, 2.24) is 4.72 Å². The molecule has 2 rings (SSSR count). The van der Waals surface area contributed by atoms with Crippen LogP contribution in [0.25, 0.3) is 0 Å². The van der Waals surface area contributed by atoms with Gasteiger partial charge in [0.15, 0.2) is 5.78 Å². The Balaban J connectivity index is 2.29. The average Bonchev–Trinajstić information content (AvgIpc) is 2.53. The summed E-state index contributed by atoms with van der Waals surface area (Å²) in [6, 6.07) is 10.9. The highest BCUT2D eigenvalue weighted by molar-refractivity contribution is 7.89. The van der Waals surface area contributed by atoms with Gasteiger partial charge in [-0.25, -0.2) is 13.1 Å². The maximum absolute atomic E-state index is 12.4. The molecule has 0 aliphatic rings. The Kier molecular flexibility index (Phi) is 6.06. The molecule has 0 saturated carbocycles. The summed E-state index contributed by atoms with van der Waals surface area (Å²) >= 11 is 17.4. The molecular weight excluding hydrogens is 381 g/mol. The van der Waals surface area contributed by atoms with E-state index in [0.29, 0.717) is 10.6 Å². The van der Waals surface area contributed by atoms with Crippen LogP contribution in [0.3, 0.4) is 0 Å². The van der Waals surface area contributed by atoms with Crippen LogP contribution in [-0.4, -0.2) is 20.1 Å². The first-order valence-corrected chi connectivity index (χ1v) is 9.24. The minimum Gasteiger partial charge on any atom is -0.293 e. The third kappa shape index (κ3) is 4.46. The van der Waals surface area contributed by atoms with E-state index in [2.05, 4.69) is 4.72 Å². The van der Waals surface area contributed by atoms with Gasteiger partial charge in [0.1, 0.15) is 4.90 Å². The van der Waals surface area contributed by atoms with E-state index in [9.17, 15) is 13.2 Å². The summed E-state index contributed by atoms with van der Waals surface area (Å²) in [4.78, 5) is 11.4. The summed E-state index contributed by atoms with van der Waals surface area (Å²) in [7, 11) is -3.91. The number of hydrogen-bond donors (Lipinski definition) is 1. The highest BCUT2D eigenvalue weighted by Gasteiger charge is 2.20. The SMILES string of the molecule is O=C(CCl)c1ccc(Cl)c(S(=O)(=O)NCc2ccccc2Cl)c1. The Morgan fingerprint density at radius 1 is 1.04 bits per heavy atom. The van der Waals surface area contributed by atoms with E-state index in [0.717, 1.165) is 0 Å². The summed E-state index contributed by atoms with van der Waals surface area (Å²) in [5.41, 5.74) is 0.810. The topological polar surface area (TPSA) is 63.2 Å². The number of carbonyl (C=O) groups is 1. The molecule has 4 nitrogen and oxygen atoms in total. The second-order valence-electron chi connectivity index (χ2n) is 4.62. The average molecular weight is 393 g/mol. The van der Waals surface area contributed by atoms with E-state index in [1.54, 1.807) is 24.3 Å². The van der Waals surface area contributed by atoms with Gasteiger partial charge in [-0.3, -0.25) is 4.79 Å². The minimum absolute atomic E-state index is 0.00597. The molecule has 8 heteroatoms. The zero-order valence-electron chi connectivity index (χ0n) is 11.7. The van der Waals surface area contributed by atoms with Crippen LogP contribution in [0.4, 0.5) is 0 Å². The molecule has 122 valence electrons. The van der Waals surface area contributed by atoms with Crippen LogP contribution in [0.15, 0.2) is 47.4 Å². The van der Waals surface area contributed by atoms with E-state index in [1.165, 1.54) is 18.2 Å². The Bertz CT molecular complexity index is 838. The van der Waals surface area contributed by atoms with Crippen LogP contribution < -0.4 is 4.72 Å². The second-order valence-corrected chi connectivity index (χ2v) is 7.44.